The molecule has 0 atom stereocenters. The summed E-state index contributed by atoms with van der Waals surface area (Å²) in [5.74, 6) is 1.55. The number of benzene rings is 1. The Bertz CT molecular complexity index is 1190. The number of hydrogen-bond donors (Lipinski definition) is 1. The smallest absolute Gasteiger partial charge is 0.259 e. The highest BCUT2D eigenvalue weighted by atomic mass is 32.2. The summed E-state index contributed by atoms with van der Waals surface area (Å²) in [5.41, 5.74) is 1.85. The molecule has 6 nitrogen and oxygen atoms in total. The van der Waals surface area contributed by atoms with E-state index < -0.39 is 5.82 Å². The molecule has 9 heteroatoms. The van der Waals surface area contributed by atoms with E-state index in [0.717, 1.165) is 29.5 Å². The van der Waals surface area contributed by atoms with E-state index in [1.54, 1.807) is 47.2 Å². The number of thiophene rings is 1. The molecule has 0 saturated carbocycles. The van der Waals surface area contributed by atoms with Gasteiger partial charge in [0.15, 0.2) is 11.6 Å². The second-order valence-electron chi connectivity index (χ2n) is 7.92. The van der Waals surface area contributed by atoms with Gasteiger partial charge in [0.2, 0.25) is 5.91 Å². The Morgan fingerprint density at radius 3 is 2.94 bits per heavy atom. The molecule has 0 bridgehead atoms. The van der Waals surface area contributed by atoms with E-state index in [1.807, 2.05) is 0 Å². The van der Waals surface area contributed by atoms with Crippen LogP contribution in [0.15, 0.2) is 23.0 Å². The van der Waals surface area contributed by atoms with Crippen LogP contribution in [0.3, 0.4) is 0 Å². The van der Waals surface area contributed by atoms with Crippen molar-refractivity contribution >= 4 is 39.2 Å². The first kappa shape index (κ1) is 22.8. The van der Waals surface area contributed by atoms with Gasteiger partial charge in [-0.05, 0) is 48.9 Å². The van der Waals surface area contributed by atoms with Crippen LogP contribution in [0.2, 0.25) is 0 Å². The molecule has 1 aromatic carbocycles. The highest BCUT2D eigenvalue weighted by molar-refractivity contribution is 7.98. The average Bonchev–Trinajstić information content (AvgIpc) is 3.15. The molecule has 2 aromatic heterocycles. The van der Waals surface area contributed by atoms with Gasteiger partial charge in [-0.25, -0.2) is 9.37 Å². The third-order valence-corrected chi connectivity index (χ3v) is 7.79. The summed E-state index contributed by atoms with van der Waals surface area (Å²) in [6.07, 6.45) is 4.67. The molecule has 0 unspecified atom stereocenters. The summed E-state index contributed by atoms with van der Waals surface area (Å²) in [6, 6.07) is 4.70. The number of methoxy groups -OCH3 is 1. The zero-order valence-electron chi connectivity index (χ0n) is 18.2. The Labute approximate surface area is 194 Å². The lowest BCUT2D eigenvalue weighted by Gasteiger charge is -2.17. The predicted molar refractivity (Wildman–Crippen MR) is 127 cm³/mol. The summed E-state index contributed by atoms with van der Waals surface area (Å²) in [7, 11) is 3.13. The van der Waals surface area contributed by atoms with Gasteiger partial charge < -0.3 is 14.6 Å². The number of carbonyl (C=O) groups excluding carboxylic acids is 1. The van der Waals surface area contributed by atoms with Crippen molar-refractivity contribution in [1.82, 2.24) is 14.9 Å². The fourth-order valence-corrected chi connectivity index (χ4v) is 6.04. The maximum absolute atomic E-state index is 13.8. The van der Waals surface area contributed by atoms with Crippen LogP contribution in [-0.2, 0) is 29.9 Å². The summed E-state index contributed by atoms with van der Waals surface area (Å²) in [4.78, 5) is 36.4. The lowest BCUT2D eigenvalue weighted by molar-refractivity contribution is -0.129. The molecule has 1 amide bonds. The van der Waals surface area contributed by atoms with Crippen LogP contribution in [0.4, 0.5) is 4.39 Å². The van der Waals surface area contributed by atoms with Crippen molar-refractivity contribution in [3.05, 3.63) is 56.2 Å². The van der Waals surface area contributed by atoms with E-state index in [-0.39, 0.29) is 17.2 Å². The first-order valence-electron chi connectivity index (χ1n) is 10.6. The SMILES string of the molecule is COc1ccc(CN(C)C(=O)CCSCc2nc3sc4c(c3c(=O)[nH]2)CCCC4)cc1F. The number of nitrogens with zero attached hydrogens (tertiary/aromatic N) is 2. The van der Waals surface area contributed by atoms with Gasteiger partial charge in [0.05, 0.1) is 18.2 Å². The molecular weight excluding hydrogens is 449 g/mol. The van der Waals surface area contributed by atoms with E-state index in [2.05, 4.69) is 9.97 Å². The third-order valence-electron chi connectivity index (χ3n) is 5.63. The number of aryl methyl sites for hydroxylation is 2. The van der Waals surface area contributed by atoms with Gasteiger partial charge in [-0.3, -0.25) is 9.59 Å². The number of ether oxygens (including phenoxy) is 1. The summed E-state index contributed by atoms with van der Waals surface area (Å²) in [5, 5.41) is 0.769. The number of thioether (sulfide) groups is 1. The quantitative estimate of drug-likeness (QED) is 0.492. The molecule has 1 aliphatic rings. The van der Waals surface area contributed by atoms with Gasteiger partial charge in [-0.15, -0.1) is 11.3 Å². The molecule has 0 radical (unpaired) electrons. The molecule has 0 fully saturated rings. The lowest BCUT2D eigenvalue weighted by Crippen LogP contribution is -2.26. The molecule has 2 heterocycles. The van der Waals surface area contributed by atoms with Gasteiger partial charge in [0.25, 0.3) is 5.56 Å². The number of aromatic nitrogens is 2. The Kier molecular flexibility index (Phi) is 7.15. The molecule has 0 spiro atoms. The highest BCUT2D eigenvalue weighted by Gasteiger charge is 2.19. The molecule has 170 valence electrons. The van der Waals surface area contributed by atoms with Crippen LogP contribution in [0.1, 0.15) is 41.1 Å². The van der Waals surface area contributed by atoms with Crippen molar-refractivity contribution < 1.29 is 13.9 Å². The van der Waals surface area contributed by atoms with Crippen LogP contribution in [0, 0.1) is 5.82 Å². The van der Waals surface area contributed by atoms with Gasteiger partial charge in [0, 0.05) is 30.6 Å². The number of fused-ring (bicyclic) bond motifs is 3. The first-order valence-corrected chi connectivity index (χ1v) is 12.6. The topological polar surface area (TPSA) is 75.3 Å². The Morgan fingerprint density at radius 1 is 1.34 bits per heavy atom. The van der Waals surface area contributed by atoms with Gasteiger partial charge in [-0.2, -0.15) is 11.8 Å². The Balaban J connectivity index is 1.29. The molecule has 0 aliphatic heterocycles. The zero-order chi connectivity index (χ0) is 22.7. The molecule has 4 rings (SSSR count). The molecule has 0 saturated heterocycles. The minimum Gasteiger partial charge on any atom is -0.494 e. The highest BCUT2D eigenvalue weighted by Crippen LogP contribution is 2.33. The molecule has 3 aromatic rings. The van der Waals surface area contributed by atoms with E-state index in [0.29, 0.717) is 35.9 Å². The minimum atomic E-state index is -0.438. The van der Waals surface area contributed by atoms with Crippen molar-refractivity contribution in [2.75, 3.05) is 19.9 Å². The fraction of sp³-hybridized carbons (Fsp3) is 0.435. The number of nitrogens with one attached hydrogen (secondary N) is 1. The molecule has 1 N–H and O–H groups in total. The van der Waals surface area contributed by atoms with Gasteiger partial charge in [0.1, 0.15) is 10.7 Å². The second kappa shape index (κ2) is 10.0. The van der Waals surface area contributed by atoms with E-state index in [4.69, 9.17) is 4.74 Å². The normalized spacial score (nSPS) is 13.2. The van der Waals surface area contributed by atoms with Gasteiger partial charge in [-0.1, -0.05) is 6.07 Å². The van der Waals surface area contributed by atoms with Gasteiger partial charge >= 0.3 is 0 Å². The summed E-state index contributed by atoms with van der Waals surface area (Å²) >= 11 is 3.21. The minimum absolute atomic E-state index is 0.0171. The number of H-pyrrole nitrogens is 1. The Hall–Kier alpha value is -2.39. The number of hydrogen-bond acceptors (Lipinski definition) is 6. The van der Waals surface area contributed by atoms with Crippen LogP contribution < -0.4 is 10.3 Å². The number of halogens is 1. The van der Waals surface area contributed by atoms with Crippen molar-refractivity contribution in [1.29, 1.82) is 0 Å². The zero-order valence-corrected chi connectivity index (χ0v) is 19.8. The van der Waals surface area contributed by atoms with Crippen LogP contribution in [0.25, 0.3) is 10.2 Å². The van der Waals surface area contributed by atoms with Crippen LogP contribution in [0.5, 0.6) is 5.75 Å². The maximum atomic E-state index is 13.8. The summed E-state index contributed by atoms with van der Waals surface area (Å²) < 4.78 is 18.8. The van der Waals surface area contributed by atoms with Crippen molar-refractivity contribution in [2.45, 2.75) is 44.4 Å². The maximum Gasteiger partial charge on any atom is 0.259 e. The molecular formula is C23H26FN3O3S2. The molecule has 1 aliphatic carbocycles. The standard InChI is InChI=1S/C23H26FN3O3S2/c1-27(12-14-7-8-17(30-2)16(24)11-14)20(28)9-10-31-13-19-25-22(29)21-15-5-3-4-6-18(15)32-23(21)26-19/h7-8,11H,3-6,9-10,12-13H2,1-2H3,(H,25,26,29). The number of carbonyl (C=O) groups is 1. The first-order chi connectivity index (χ1) is 15.5. The number of amides is 1. The average molecular weight is 476 g/mol. The number of aromatic amines is 1. The van der Waals surface area contributed by atoms with E-state index in [1.165, 1.54) is 30.0 Å². The largest absolute Gasteiger partial charge is 0.494 e. The monoisotopic (exact) mass is 475 g/mol. The van der Waals surface area contributed by atoms with Crippen LogP contribution >= 0.6 is 23.1 Å². The number of rotatable bonds is 8. The Morgan fingerprint density at radius 2 is 2.16 bits per heavy atom. The van der Waals surface area contributed by atoms with E-state index in [9.17, 15) is 14.0 Å². The summed E-state index contributed by atoms with van der Waals surface area (Å²) in [6.45, 7) is 0.332. The third kappa shape index (κ3) is 4.99. The van der Waals surface area contributed by atoms with Crippen LogP contribution in [-0.4, -0.2) is 40.7 Å². The fourth-order valence-electron chi connectivity index (χ4n) is 3.97. The van der Waals surface area contributed by atoms with Crippen molar-refractivity contribution in [2.24, 2.45) is 0 Å². The predicted octanol–water partition coefficient (Wildman–Crippen LogP) is 4.29. The molecule has 32 heavy (non-hydrogen) atoms. The second-order valence-corrected chi connectivity index (χ2v) is 10.1. The lowest BCUT2D eigenvalue weighted by atomic mass is 9.97. The van der Waals surface area contributed by atoms with E-state index >= 15 is 0 Å². The van der Waals surface area contributed by atoms with Crippen molar-refractivity contribution in [3.63, 3.8) is 0 Å². The van der Waals surface area contributed by atoms with Crippen molar-refractivity contribution in [3.8, 4) is 5.75 Å².